The van der Waals surface area contributed by atoms with Crippen LogP contribution in [0.5, 0.6) is 5.88 Å². The second-order valence-corrected chi connectivity index (χ2v) is 8.09. The number of alkyl halides is 2. The summed E-state index contributed by atoms with van der Waals surface area (Å²) in [4.78, 5) is 33.0. The molecule has 1 fully saturated rings. The van der Waals surface area contributed by atoms with Crippen LogP contribution in [-0.2, 0) is 11.2 Å². The number of amides is 2. The molecule has 1 aromatic carbocycles. The standard InChI is InChI=1S/C22H22ClF2N3O3/c1-13-12-31-21-18(28(13)19(29)10-23)9-15(8-14-2-4-16(24)5-3-14)20(26-21)22(30)27-7-6-17(25)11-27/h2-5,9,13,17H,6-8,10-12H2,1H3/t13-,17-/m0/s1. The highest BCUT2D eigenvalue weighted by molar-refractivity contribution is 6.29. The SMILES string of the molecule is C[C@H]1COc2nc(C(=O)N3CC[C@H](F)C3)c(Cc3ccc(F)cc3)cc2N1C(=O)CCl. The van der Waals surface area contributed by atoms with Gasteiger partial charge in [-0.25, -0.2) is 13.8 Å². The predicted molar refractivity (Wildman–Crippen MR) is 112 cm³/mol. The quantitative estimate of drug-likeness (QED) is 0.672. The molecule has 2 aliphatic heterocycles. The van der Waals surface area contributed by atoms with Gasteiger partial charge >= 0.3 is 0 Å². The van der Waals surface area contributed by atoms with Crippen LogP contribution in [0.25, 0.3) is 0 Å². The van der Waals surface area contributed by atoms with Gasteiger partial charge < -0.3 is 14.5 Å². The summed E-state index contributed by atoms with van der Waals surface area (Å²) in [7, 11) is 0. The number of pyridine rings is 1. The van der Waals surface area contributed by atoms with Gasteiger partial charge in [-0.05, 0) is 49.1 Å². The summed E-state index contributed by atoms with van der Waals surface area (Å²) in [5.41, 5.74) is 1.89. The maximum absolute atomic E-state index is 13.7. The molecule has 1 saturated heterocycles. The fourth-order valence-electron chi connectivity index (χ4n) is 3.95. The van der Waals surface area contributed by atoms with Crippen LogP contribution in [-0.4, -0.2) is 59.5 Å². The van der Waals surface area contributed by atoms with Gasteiger partial charge in [0.2, 0.25) is 11.8 Å². The molecule has 0 N–H and O–H groups in total. The third-order valence-corrected chi connectivity index (χ3v) is 5.75. The van der Waals surface area contributed by atoms with E-state index >= 15 is 0 Å². The Morgan fingerprint density at radius 1 is 1.29 bits per heavy atom. The van der Waals surface area contributed by atoms with Crippen molar-refractivity contribution in [1.29, 1.82) is 0 Å². The van der Waals surface area contributed by atoms with E-state index in [0.717, 1.165) is 5.56 Å². The van der Waals surface area contributed by atoms with Gasteiger partial charge in [-0.1, -0.05) is 12.1 Å². The second kappa shape index (κ2) is 8.78. The van der Waals surface area contributed by atoms with Crippen molar-refractivity contribution in [3.8, 4) is 5.88 Å². The predicted octanol–water partition coefficient (Wildman–Crippen LogP) is 3.35. The largest absolute Gasteiger partial charge is 0.474 e. The number of benzene rings is 1. The van der Waals surface area contributed by atoms with Crippen LogP contribution < -0.4 is 9.64 Å². The number of ether oxygens (including phenoxy) is 1. The Kier molecular flexibility index (Phi) is 6.09. The molecule has 0 bridgehead atoms. The van der Waals surface area contributed by atoms with Gasteiger partial charge in [-0.3, -0.25) is 9.59 Å². The number of halogens is 3. The van der Waals surface area contributed by atoms with Crippen molar-refractivity contribution in [3.63, 3.8) is 0 Å². The topological polar surface area (TPSA) is 62.7 Å². The summed E-state index contributed by atoms with van der Waals surface area (Å²) in [6.45, 7) is 2.37. The molecule has 31 heavy (non-hydrogen) atoms. The highest BCUT2D eigenvalue weighted by Crippen LogP contribution is 2.35. The lowest BCUT2D eigenvalue weighted by molar-refractivity contribution is -0.117. The van der Waals surface area contributed by atoms with E-state index in [1.165, 1.54) is 21.9 Å². The van der Waals surface area contributed by atoms with Crippen molar-refractivity contribution < 1.29 is 23.1 Å². The molecule has 2 aromatic rings. The first-order valence-electron chi connectivity index (χ1n) is 10.1. The maximum atomic E-state index is 13.7. The molecule has 2 amide bonds. The molecule has 9 heteroatoms. The first kappa shape index (κ1) is 21.5. The lowest BCUT2D eigenvalue weighted by Gasteiger charge is -2.34. The number of aromatic nitrogens is 1. The van der Waals surface area contributed by atoms with E-state index in [0.29, 0.717) is 17.8 Å². The van der Waals surface area contributed by atoms with Gasteiger partial charge in [0.25, 0.3) is 5.91 Å². The van der Waals surface area contributed by atoms with E-state index in [1.54, 1.807) is 18.2 Å². The highest BCUT2D eigenvalue weighted by Gasteiger charge is 2.34. The first-order chi connectivity index (χ1) is 14.9. The fraction of sp³-hybridized carbons (Fsp3) is 0.409. The van der Waals surface area contributed by atoms with Crippen LogP contribution in [0.2, 0.25) is 0 Å². The Morgan fingerprint density at radius 2 is 2.03 bits per heavy atom. The summed E-state index contributed by atoms with van der Waals surface area (Å²) >= 11 is 5.80. The van der Waals surface area contributed by atoms with Crippen LogP contribution in [0, 0.1) is 5.82 Å². The summed E-state index contributed by atoms with van der Waals surface area (Å²) < 4.78 is 32.8. The summed E-state index contributed by atoms with van der Waals surface area (Å²) in [5, 5.41) is 0. The number of hydrogen-bond donors (Lipinski definition) is 0. The Bertz CT molecular complexity index is 1000. The Hall–Kier alpha value is -2.74. The van der Waals surface area contributed by atoms with Gasteiger partial charge in [0, 0.05) is 6.54 Å². The van der Waals surface area contributed by atoms with Crippen LogP contribution in [0.3, 0.4) is 0 Å². The number of rotatable bonds is 4. The molecule has 2 atom stereocenters. The van der Waals surface area contributed by atoms with E-state index < -0.39 is 12.1 Å². The average molecular weight is 450 g/mol. The number of fused-ring (bicyclic) bond motifs is 1. The van der Waals surface area contributed by atoms with E-state index in [2.05, 4.69) is 4.98 Å². The lowest BCUT2D eigenvalue weighted by atomic mass is 10.0. The molecule has 0 aliphatic carbocycles. The van der Waals surface area contributed by atoms with E-state index in [9.17, 15) is 18.4 Å². The third kappa shape index (κ3) is 4.35. The van der Waals surface area contributed by atoms with Crippen LogP contribution >= 0.6 is 11.6 Å². The number of anilines is 1. The number of likely N-dealkylation sites (tertiary alicyclic amines) is 1. The maximum Gasteiger partial charge on any atom is 0.273 e. The normalized spacial score (nSPS) is 20.4. The van der Waals surface area contributed by atoms with Crippen molar-refractivity contribution in [1.82, 2.24) is 9.88 Å². The molecule has 0 spiro atoms. The fourth-order valence-corrected chi connectivity index (χ4v) is 4.08. The Labute approximate surface area is 183 Å². The van der Waals surface area contributed by atoms with E-state index in [-0.39, 0.29) is 61.2 Å². The van der Waals surface area contributed by atoms with Crippen molar-refractivity contribution in [2.75, 3.05) is 30.5 Å². The summed E-state index contributed by atoms with van der Waals surface area (Å²) in [6.07, 6.45) is -0.488. The number of carbonyl (C=O) groups excluding carboxylic acids is 2. The summed E-state index contributed by atoms with van der Waals surface area (Å²) in [6, 6.07) is 7.36. The van der Waals surface area contributed by atoms with Gasteiger partial charge in [-0.2, -0.15) is 0 Å². The minimum absolute atomic E-state index is 0.0162. The number of nitrogens with zero attached hydrogens (tertiary/aromatic N) is 3. The zero-order chi connectivity index (χ0) is 22.1. The molecule has 4 rings (SSSR count). The molecule has 6 nitrogen and oxygen atoms in total. The van der Waals surface area contributed by atoms with Gasteiger partial charge in [0.05, 0.1) is 12.6 Å². The molecule has 0 radical (unpaired) electrons. The van der Waals surface area contributed by atoms with Crippen LogP contribution in [0.4, 0.5) is 14.5 Å². The monoisotopic (exact) mass is 449 g/mol. The van der Waals surface area contributed by atoms with Crippen LogP contribution in [0.1, 0.15) is 35.0 Å². The van der Waals surface area contributed by atoms with Crippen LogP contribution in [0.15, 0.2) is 30.3 Å². The van der Waals surface area contributed by atoms with Crippen molar-refractivity contribution in [2.24, 2.45) is 0 Å². The molecule has 1 aromatic heterocycles. The van der Waals surface area contributed by atoms with Gasteiger partial charge in [0.1, 0.15) is 35.9 Å². The molecular weight excluding hydrogens is 428 g/mol. The second-order valence-electron chi connectivity index (χ2n) is 7.82. The van der Waals surface area contributed by atoms with Gasteiger partial charge in [-0.15, -0.1) is 11.6 Å². The lowest BCUT2D eigenvalue weighted by Crippen LogP contribution is -2.46. The number of carbonyl (C=O) groups is 2. The molecular formula is C22H22ClF2N3O3. The van der Waals surface area contributed by atoms with Crippen molar-refractivity contribution >= 4 is 29.1 Å². The Balaban J connectivity index is 1.78. The average Bonchev–Trinajstić information content (AvgIpc) is 3.20. The Morgan fingerprint density at radius 3 is 2.68 bits per heavy atom. The van der Waals surface area contributed by atoms with Gasteiger partial charge in [0.15, 0.2) is 0 Å². The molecule has 0 saturated carbocycles. The molecule has 164 valence electrons. The van der Waals surface area contributed by atoms with Crippen molar-refractivity contribution in [2.45, 2.75) is 32.0 Å². The zero-order valence-electron chi connectivity index (χ0n) is 17.0. The van der Waals surface area contributed by atoms with E-state index in [1.807, 2.05) is 6.92 Å². The smallest absolute Gasteiger partial charge is 0.273 e. The molecule has 3 heterocycles. The molecule has 2 aliphatic rings. The minimum atomic E-state index is -1.06. The molecule has 0 unspecified atom stereocenters. The third-order valence-electron chi connectivity index (χ3n) is 5.52. The summed E-state index contributed by atoms with van der Waals surface area (Å²) in [5.74, 6) is -1.09. The van der Waals surface area contributed by atoms with E-state index in [4.69, 9.17) is 16.3 Å². The zero-order valence-corrected chi connectivity index (χ0v) is 17.7. The first-order valence-corrected chi connectivity index (χ1v) is 10.6. The highest BCUT2D eigenvalue weighted by atomic mass is 35.5. The number of hydrogen-bond acceptors (Lipinski definition) is 4. The van der Waals surface area contributed by atoms with Crippen molar-refractivity contribution in [3.05, 3.63) is 53.0 Å². The minimum Gasteiger partial charge on any atom is -0.474 e.